The second-order valence-electron chi connectivity index (χ2n) is 5.20. The molecule has 0 fully saturated rings. The predicted molar refractivity (Wildman–Crippen MR) is 79.6 cm³/mol. The molecule has 0 aliphatic carbocycles. The lowest BCUT2D eigenvalue weighted by atomic mass is 10.1. The van der Waals surface area contributed by atoms with Gasteiger partial charge in [-0.3, -0.25) is 0 Å². The normalized spacial score (nSPS) is 10.9. The molecule has 3 heteroatoms. The van der Waals surface area contributed by atoms with Gasteiger partial charge in [0.15, 0.2) is 0 Å². The van der Waals surface area contributed by atoms with Crippen LogP contribution in [-0.2, 0) is 11.3 Å². The number of nitrogens with one attached hydrogen (secondary N) is 1. The second-order valence-corrected chi connectivity index (χ2v) is 5.20. The van der Waals surface area contributed by atoms with Gasteiger partial charge in [0.2, 0.25) is 0 Å². The summed E-state index contributed by atoms with van der Waals surface area (Å²) >= 11 is 0. The maximum absolute atomic E-state index is 5.53. The fraction of sp³-hybridized carbons (Fsp3) is 0.625. The molecule has 1 aromatic carbocycles. The van der Waals surface area contributed by atoms with Crippen molar-refractivity contribution < 1.29 is 9.47 Å². The Bertz CT molecular complexity index is 322. The van der Waals surface area contributed by atoms with E-state index in [-0.39, 0.29) is 0 Å². The fourth-order valence-corrected chi connectivity index (χ4v) is 1.81. The number of ether oxygens (including phenoxy) is 2. The third kappa shape index (κ3) is 7.85. The highest BCUT2D eigenvalue weighted by atomic mass is 16.5. The zero-order valence-electron chi connectivity index (χ0n) is 12.4. The van der Waals surface area contributed by atoms with Crippen molar-refractivity contribution in [2.45, 2.75) is 33.2 Å². The molecule has 0 heterocycles. The van der Waals surface area contributed by atoms with E-state index in [2.05, 4.69) is 31.3 Å². The molecule has 0 spiro atoms. The van der Waals surface area contributed by atoms with Gasteiger partial charge >= 0.3 is 0 Å². The third-order valence-electron chi connectivity index (χ3n) is 2.94. The summed E-state index contributed by atoms with van der Waals surface area (Å²) in [6.07, 6.45) is 2.54. The van der Waals surface area contributed by atoms with Gasteiger partial charge in [-0.2, -0.15) is 0 Å². The summed E-state index contributed by atoms with van der Waals surface area (Å²) in [6, 6.07) is 8.25. The molecule has 108 valence electrons. The van der Waals surface area contributed by atoms with Crippen LogP contribution in [0.5, 0.6) is 5.75 Å². The molecule has 1 aromatic rings. The number of benzene rings is 1. The summed E-state index contributed by atoms with van der Waals surface area (Å²) in [7, 11) is 1.68. The van der Waals surface area contributed by atoms with E-state index < -0.39 is 0 Å². The quantitative estimate of drug-likeness (QED) is 0.659. The Labute approximate surface area is 117 Å². The number of hydrogen-bond acceptors (Lipinski definition) is 3. The van der Waals surface area contributed by atoms with Crippen molar-refractivity contribution in [2.24, 2.45) is 5.92 Å². The lowest BCUT2D eigenvalue weighted by Crippen LogP contribution is -2.15. The molecule has 0 saturated carbocycles. The first-order valence-electron chi connectivity index (χ1n) is 7.13. The topological polar surface area (TPSA) is 30.5 Å². The SMILES string of the molecule is COCCOc1ccc(CNCCCC(C)C)cc1. The standard InChI is InChI=1S/C16H27NO2/c1-14(2)5-4-10-17-13-15-6-8-16(9-7-15)19-12-11-18-3/h6-9,14,17H,4-5,10-13H2,1-3H3. The first-order valence-corrected chi connectivity index (χ1v) is 7.13. The lowest BCUT2D eigenvalue weighted by molar-refractivity contribution is 0.146. The van der Waals surface area contributed by atoms with E-state index in [0.717, 1.165) is 24.8 Å². The van der Waals surface area contributed by atoms with Crippen molar-refractivity contribution >= 4 is 0 Å². The number of methoxy groups -OCH3 is 1. The molecular formula is C16H27NO2. The molecule has 0 aromatic heterocycles. The van der Waals surface area contributed by atoms with Gasteiger partial charge in [-0.25, -0.2) is 0 Å². The first-order chi connectivity index (χ1) is 9.22. The van der Waals surface area contributed by atoms with E-state index in [9.17, 15) is 0 Å². The molecule has 3 nitrogen and oxygen atoms in total. The van der Waals surface area contributed by atoms with Gasteiger partial charge in [0.1, 0.15) is 12.4 Å². The lowest BCUT2D eigenvalue weighted by Gasteiger charge is -2.08. The maximum atomic E-state index is 5.53. The number of rotatable bonds is 10. The van der Waals surface area contributed by atoms with Crippen molar-refractivity contribution in [3.63, 3.8) is 0 Å². The minimum Gasteiger partial charge on any atom is -0.491 e. The van der Waals surface area contributed by atoms with Crippen molar-refractivity contribution in [3.8, 4) is 5.75 Å². The molecule has 1 N–H and O–H groups in total. The highest BCUT2D eigenvalue weighted by Gasteiger charge is 1.97. The van der Waals surface area contributed by atoms with E-state index in [4.69, 9.17) is 9.47 Å². The molecule has 0 unspecified atom stereocenters. The van der Waals surface area contributed by atoms with E-state index in [0.29, 0.717) is 13.2 Å². The molecule has 0 radical (unpaired) electrons. The summed E-state index contributed by atoms with van der Waals surface area (Å²) < 4.78 is 10.5. The van der Waals surface area contributed by atoms with Gasteiger partial charge in [0.05, 0.1) is 6.61 Å². The van der Waals surface area contributed by atoms with Crippen LogP contribution >= 0.6 is 0 Å². The first kappa shape index (κ1) is 16.0. The summed E-state index contributed by atoms with van der Waals surface area (Å²) in [4.78, 5) is 0. The van der Waals surface area contributed by atoms with Gasteiger partial charge < -0.3 is 14.8 Å². The summed E-state index contributed by atoms with van der Waals surface area (Å²) in [5.74, 6) is 1.70. The monoisotopic (exact) mass is 265 g/mol. The molecule has 1 rings (SSSR count). The van der Waals surface area contributed by atoms with Crippen LogP contribution in [0.15, 0.2) is 24.3 Å². The third-order valence-corrected chi connectivity index (χ3v) is 2.94. The van der Waals surface area contributed by atoms with E-state index in [1.165, 1.54) is 18.4 Å². The van der Waals surface area contributed by atoms with Crippen LogP contribution in [0.1, 0.15) is 32.3 Å². The van der Waals surface area contributed by atoms with Crippen LogP contribution in [0.3, 0.4) is 0 Å². The summed E-state index contributed by atoms with van der Waals surface area (Å²) in [5.41, 5.74) is 1.30. The molecule has 0 atom stereocenters. The molecule has 0 amide bonds. The van der Waals surface area contributed by atoms with Crippen molar-refractivity contribution in [1.29, 1.82) is 0 Å². The highest BCUT2D eigenvalue weighted by molar-refractivity contribution is 5.27. The van der Waals surface area contributed by atoms with Crippen LogP contribution in [0.25, 0.3) is 0 Å². The molecule has 19 heavy (non-hydrogen) atoms. The minimum absolute atomic E-state index is 0.600. The van der Waals surface area contributed by atoms with E-state index in [1.54, 1.807) is 7.11 Å². The van der Waals surface area contributed by atoms with Gasteiger partial charge in [0, 0.05) is 13.7 Å². The average Bonchev–Trinajstić information content (AvgIpc) is 2.40. The van der Waals surface area contributed by atoms with Gasteiger partial charge in [0.25, 0.3) is 0 Å². The molecule has 0 aliphatic rings. The molecule has 0 saturated heterocycles. The number of hydrogen-bond donors (Lipinski definition) is 1. The zero-order chi connectivity index (χ0) is 13.9. The van der Waals surface area contributed by atoms with Gasteiger partial charge in [-0.15, -0.1) is 0 Å². The van der Waals surface area contributed by atoms with Crippen LogP contribution in [-0.4, -0.2) is 26.9 Å². The predicted octanol–water partition coefficient (Wildman–Crippen LogP) is 3.24. The van der Waals surface area contributed by atoms with Crippen LogP contribution in [0.4, 0.5) is 0 Å². The highest BCUT2D eigenvalue weighted by Crippen LogP contribution is 2.12. The Hall–Kier alpha value is -1.06. The van der Waals surface area contributed by atoms with E-state index >= 15 is 0 Å². The van der Waals surface area contributed by atoms with Crippen LogP contribution in [0, 0.1) is 5.92 Å². The fourth-order valence-electron chi connectivity index (χ4n) is 1.81. The molecule has 0 bridgehead atoms. The Kier molecular flexibility index (Phi) is 8.26. The van der Waals surface area contributed by atoms with E-state index in [1.807, 2.05) is 12.1 Å². The van der Waals surface area contributed by atoms with Gasteiger partial charge in [-0.05, 0) is 43.0 Å². The second kappa shape index (κ2) is 9.82. The maximum Gasteiger partial charge on any atom is 0.119 e. The Balaban J connectivity index is 2.17. The van der Waals surface area contributed by atoms with Crippen molar-refractivity contribution in [3.05, 3.63) is 29.8 Å². The van der Waals surface area contributed by atoms with Crippen LogP contribution < -0.4 is 10.1 Å². The van der Waals surface area contributed by atoms with Crippen molar-refractivity contribution in [2.75, 3.05) is 26.9 Å². The Morgan fingerprint density at radius 3 is 2.47 bits per heavy atom. The summed E-state index contributed by atoms with van der Waals surface area (Å²) in [6.45, 7) is 7.77. The molecule has 0 aliphatic heterocycles. The Morgan fingerprint density at radius 2 is 1.84 bits per heavy atom. The molecular weight excluding hydrogens is 238 g/mol. The summed E-state index contributed by atoms with van der Waals surface area (Å²) in [5, 5.41) is 3.47. The van der Waals surface area contributed by atoms with Crippen molar-refractivity contribution in [1.82, 2.24) is 5.32 Å². The largest absolute Gasteiger partial charge is 0.491 e. The zero-order valence-corrected chi connectivity index (χ0v) is 12.4. The minimum atomic E-state index is 0.600. The van der Waals surface area contributed by atoms with Crippen LogP contribution in [0.2, 0.25) is 0 Å². The Morgan fingerprint density at radius 1 is 1.11 bits per heavy atom. The smallest absolute Gasteiger partial charge is 0.119 e. The van der Waals surface area contributed by atoms with Gasteiger partial charge in [-0.1, -0.05) is 26.0 Å². The average molecular weight is 265 g/mol.